The van der Waals surface area contributed by atoms with Crippen LogP contribution in [0.2, 0.25) is 0 Å². The minimum atomic E-state index is -1.38. The number of aliphatic imine (C=N–C) groups is 1. The van der Waals surface area contributed by atoms with Gasteiger partial charge in [-0.25, -0.2) is 9.59 Å². The Morgan fingerprint density at radius 3 is 2.69 bits per heavy atom. The summed E-state index contributed by atoms with van der Waals surface area (Å²) < 4.78 is 10.6. The molecule has 0 radical (unpaired) electrons. The van der Waals surface area contributed by atoms with Crippen LogP contribution >= 0.6 is 0 Å². The summed E-state index contributed by atoms with van der Waals surface area (Å²) in [6, 6.07) is 2.87. The zero-order chi connectivity index (χ0) is 26.2. The molecule has 2 amide bonds. The first-order valence-corrected chi connectivity index (χ1v) is 12.6. The molecule has 0 spiro atoms. The van der Waals surface area contributed by atoms with Gasteiger partial charge in [-0.15, -0.1) is 0 Å². The van der Waals surface area contributed by atoms with E-state index in [1.54, 1.807) is 6.07 Å². The van der Waals surface area contributed by atoms with E-state index >= 15 is 0 Å². The SMILES string of the molecule is CCCCCCOC(=O)N[C@@H](CNC(=O)c1ccc(OCCNC2=NCCCCC2)cc1O)C(=O)O. The number of aliphatic carboxylic acids is 1. The highest BCUT2D eigenvalue weighted by Crippen LogP contribution is 2.23. The molecule has 0 fully saturated rings. The minimum absolute atomic E-state index is 0.0454. The maximum atomic E-state index is 12.5. The van der Waals surface area contributed by atoms with Crippen LogP contribution in [0.25, 0.3) is 0 Å². The van der Waals surface area contributed by atoms with E-state index in [0.717, 1.165) is 50.9 Å². The van der Waals surface area contributed by atoms with Crippen molar-refractivity contribution in [1.29, 1.82) is 0 Å². The first-order valence-electron chi connectivity index (χ1n) is 12.6. The molecule has 1 aliphatic rings. The summed E-state index contributed by atoms with van der Waals surface area (Å²) in [5.74, 6) is -0.944. The number of ether oxygens (including phenoxy) is 2. The molecule has 36 heavy (non-hydrogen) atoms. The number of hydrogen-bond acceptors (Lipinski definition) is 8. The van der Waals surface area contributed by atoms with Gasteiger partial charge in [0, 0.05) is 25.6 Å². The van der Waals surface area contributed by atoms with E-state index in [2.05, 4.69) is 27.9 Å². The Labute approximate surface area is 211 Å². The Morgan fingerprint density at radius 2 is 1.94 bits per heavy atom. The molecule has 0 aromatic heterocycles. The van der Waals surface area contributed by atoms with Gasteiger partial charge >= 0.3 is 12.1 Å². The van der Waals surface area contributed by atoms with Gasteiger partial charge in [0.05, 0.1) is 24.6 Å². The third-order valence-corrected chi connectivity index (χ3v) is 5.58. The maximum absolute atomic E-state index is 12.5. The average molecular weight is 507 g/mol. The maximum Gasteiger partial charge on any atom is 0.407 e. The molecule has 0 bridgehead atoms. The zero-order valence-electron chi connectivity index (χ0n) is 20.9. The number of carboxylic acid groups (broad SMARTS) is 1. The van der Waals surface area contributed by atoms with Crippen molar-refractivity contribution in [1.82, 2.24) is 16.0 Å². The van der Waals surface area contributed by atoms with Gasteiger partial charge in [0.1, 0.15) is 24.1 Å². The number of phenols is 1. The lowest BCUT2D eigenvalue weighted by atomic mass is 10.1. The molecule has 1 heterocycles. The quantitative estimate of drug-likeness (QED) is 0.241. The van der Waals surface area contributed by atoms with Gasteiger partial charge in [0.2, 0.25) is 0 Å². The number of aromatic hydroxyl groups is 1. The lowest BCUT2D eigenvalue weighted by Crippen LogP contribution is -2.48. The fourth-order valence-corrected chi connectivity index (χ4v) is 3.54. The van der Waals surface area contributed by atoms with E-state index in [4.69, 9.17) is 9.47 Å². The zero-order valence-corrected chi connectivity index (χ0v) is 20.9. The summed E-state index contributed by atoms with van der Waals surface area (Å²) in [5, 5.41) is 27.5. The number of carbonyl (C=O) groups excluding carboxylic acids is 2. The van der Waals surface area contributed by atoms with Crippen LogP contribution in [0.3, 0.4) is 0 Å². The summed E-state index contributed by atoms with van der Waals surface area (Å²) in [7, 11) is 0. The van der Waals surface area contributed by atoms with E-state index in [0.29, 0.717) is 25.3 Å². The molecule has 2 rings (SSSR count). The molecule has 1 aliphatic heterocycles. The summed E-state index contributed by atoms with van der Waals surface area (Å²) in [4.78, 5) is 40.2. The number of amides is 2. The van der Waals surface area contributed by atoms with Gasteiger partial charge in [-0.2, -0.15) is 0 Å². The van der Waals surface area contributed by atoms with E-state index in [1.807, 2.05) is 0 Å². The molecule has 0 saturated heterocycles. The Kier molecular flexibility index (Phi) is 12.9. The monoisotopic (exact) mass is 506 g/mol. The molecule has 5 N–H and O–H groups in total. The largest absolute Gasteiger partial charge is 0.507 e. The number of rotatable bonds is 14. The second-order valence-electron chi connectivity index (χ2n) is 8.54. The summed E-state index contributed by atoms with van der Waals surface area (Å²) in [5.41, 5.74) is -0.0454. The predicted molar refractivity (Wildman–Crippen MR) is 135 cm³/mol. The van der Waals surface area contributed by atoms with E-state index in [-0.39, 0.29) is 24.5 Å². The van der Waals surface area contributed by atoms with Crippen LogP contribution in [0.15, 0.2) is 23.2 Å². The lowest BCUT2D eigenvalue weighted by molar-refractivity contribution is -0.139. The van der Waals surface area contributed by atoms with Crippen molar-refractivity contribution in [3.05, 3.63) is 23.8 Å². The van der Waals surface area contributed by atoms with Crippen molar-refractivity contribution in [3.8, 4) is 11.5 Å². The Morgan fingerprint density at radius 1 is 1.11 bits per heavy atom. The molecule has 200 valence electrons. The number of benzene rings is 1. The number of carbonyl (C=O) groups is 3. The standard InChI is InChI=1S/C25H38N4O7/c1-2-3-4-8-14-36-25(34)29-20(24(32)33)17-28-23(31)19-11-10-18(16-21(19)30)35-15-13-27-22-9-6-5-7-12-26-22/h10-11,16,20,30H,2-9,12-15,17H2,1H3,(H,26,27)(H,28,31)(H,29,34)(H,32,33)/t20-/m0/s1. The van der Waals surface area contributed by atoms with Gasteiger partial charge in [0.25, 0.3) is 5.91 Å². The number of alkyl carbamates (subject to hydrolysis) is 1. The average Bonchev–Trinajstić information content (AvgIpc) is 3.13. The molecule has 1 aromatic carbocycles. The molecule has 1 atom stereocenters. The highest BCUT2D eigenvalue weighted by molar-refractivity contribution is 5.97. The molecule has 11 heteroatoms. The van der Waals surface area contributed by atoms with E-state index < -0.39 is 24.0 Å². The van der Waals surface area contributed by atoms with Crippen LogP contribution in [0.4, 0.5) is 4.79 Å². The Bertz CT molecular complexity index is 891. The van der Waals surface area contributed by atoms with Crippen LogP contribution in [0.5, 0.6) is 11.5 Å². The van der Waals surface area contributed by atoms with Crippen LogP contribution in [-0.2, 0) is 9.53 Å². The second kappa shape index (κ2) is 16.2. The first kappa shape index (κ1) is 28.7. The van der Waals surface area contributed by atoms with Gasteiger partial charge in [-0.05, 0) is 31.4 Å². The Hall–Kier alpha value is -3.50. The lowest BCUT2D eigenvalue weighted by Gasteiger charge is -2.16. The highest BCUT2D eigenvalue weighted by Gasteiger charge is 2.22. The summed E-state index contributed by atoms with van der Waals surface area (Å²) in [6.45, 7) is 3.63. The third-order valence-electron chi connectivity index (χ3n) is 5.58. The van der Waals surface area contributed by atoms with Crippen LogP contribution in [0, 0.1) is 0 Å². The number of nitrogens with one attached hydrogen (secondary N) is 3. The molecule has 11 nitrogen and oxygen atoms in total. The Balaban J connectivity index is 1.76. The van der Waals surface area contributed by atoms with E-state index in [1.165, 1.54) is 18.6 Å². The second-order valence-corrected chi connectivity index (χ2v) is 8.54. The van der Waals surface area contributed by atoms with Gasteiger partial charge in [-0.1, -0.05) is 32.6 Å². The summed E-state index contributed by atoms with van der Waals surface area (Å²) in [6.07, 6.45) is 7.18. The highest BCUT2D eigenvalue weighted by atomic mass is 16.5. The third kappa shape index (κ3) is 10.8. The van der Waals surface area contributed by atoms with E-state index in [9.17, 15) is 24.6 Å². The molecule has 0 saturated carbocycles. The number of amidine groups is 1. The smallest absolute Gasteiger partial charge is 0.407 e. The van der Waals surface area contributed by atoms with Crippen molar-refractivity contribution in [3.63, 3.8) is 0 Å². The van der Waals surface area contributed by atoms with Crippen molar-refractivity contribution in [2.75, 3.05) is 32.8 Å². The van der Waals surface area contributed by atoms with Crippen molar-refractivity contribution in [2.45, 2.75) is 64.3 Å². The molecule has 0 unspecified atom stereocenters. The van der Waals surface area contributed by atoms with Crippen LogP contribution < -0.4 is 20.7 Å². The van der Waals surface area contributed by atoms with Crippen LogP contribution in [-0.4, -0.2) is 72.9 Å². The molecule has 1 aromatic rings. The summed E-state index contributed by atoms with van der Waals surface area (Å²) >= 11 is 0. The normalized spacial score (nSPS) is 14.1. The minimum Gasteiger partial charge on any atom is -0.507 e. The van der Waals surface area contributed by atoms with Crippen molar-refractivity contribution in [2.24, 2.45) is 4.99 Å². The first-order chi connectivity index (χ1) is 17.4. The van der Waals surface area contributed by atoms with Crippen molar-refractivity contribution < 1.29 is 34.1 Å². The number of nitrogens with zero attached hydrogens (tertiary/aromatic N) is 1. The van der Waals surface area contributed by atoms with Crippen molar-refractivity contribution >= 4 is 23.8 Å². The molecular formula is C25H38N4O7. The molecule has 0 aliphatic carbocycles. The predicted octanol–water partition coefficient (Wildman–Crippen LogP) is 2.82. The number of hydrogen-bond donors (Lipinski definition) is 5. The van der Waals surface area contributed by atoms with Gasteiger partial charge in [0.15, 0.2) is 0 Å². The number of carboxylic acids is 1. The molecular weight excluding hydrogens is 468 g/mol. The van der Waals surface area contributed by atoms with Gasteiger partial charge in [-0.3, -0.25) is 9.79 Å². The fraction of sp³-hybridized carbons (Fsp3) is 0.600. The number of unbranched alkanes of at least 4 members (excludes halogenated alkanes) is 3. The fourth-order valence-electron chi connectivity index (χ4n) is 3.54. The van der Waals surface area contributed by atoms with Crippen LogP contribution in [0.1, 0.15) is 68.6 Å². The number of phenolic OH excluding ortho intramolecular Hbond substituents is 1. The topological polar surface area (TPSA) is 159 Å². The van der Waals surface area contributed by atoms with Gasteiger partial charge < -0.3 is 35.6 Å².